The van der Waals surface area contributed by atoms with Gasteiger partial charge >= 0.3 is 12.0 Å². The lowest BCUT2D eigenvalue weighted by Crippen LogP contribution is -2.40. The molecule has 1 aromatic carbocycles. The molecule has 0 saturated carbocycles. The molecular weight excluding hydrogens is 236 g/mol. The Hall–Kier alpha value is -2.24. The van der Waals surface area contributed by atoms with Gasteiger partial charge in [0.25, 0.3) is 0 Å². The van der Waals surface area contributed by atoms with Crippen LogP contribution in [-0.4, -0.2) is 30.3 Å². The minimum Gasteiger partial charge on any atom is -0.496 e. The molecule has 0 saturated heterocycles. The van der Waals surface area contributed by atoms with E-state index in [1.165, 1.54) is 6.92 Å². The van der Waals surface area contributed by atoms with Crippen molar-refractivity contribution in [1.29, 1.82) is 0 Å². The van der Waals surface area contributed by atoms with Crippen molar-refractivity contribution in [3.05, 3.63) is 23.8 Å². The Labute approximate surface area is 105 Å². The van der Waals surface area contributed by atoms with Crippen molar-refractivity contribution in [2.45, 2.75) is 19.9 Å². The van der Waals surface area contributed by atoms with Crippen LogP contribution in [0.3, 0.4) is 0 Å². The minimum atomic E-state index is -1.09. The number of nitrogens with one attached hydrogen (secondary N) is 2. The van der Waals surface area contributed by atoms with Gasteiger partial charge < -0.3 is 20.5 Å². The molecule has 0 heterocycles. The molecule has 0 spiro atoms. The van der Waals surface area contributed by atoms with Gasteiger partial charge in [0.2, 0.25) is 0 Å². The smallest absolute Gasteiger partial charge is 0.325 e. The van der Waals surface area contributed by atoms with Crippen molar-refractivity contribution in [2.24, 2.45) is 0 Å². The second-order valence-electron chi connectivity index (χ2n) is 3.84. The monoisotopic (exact) mass is 252 g/mol. The predicted octanol–water partition coefficient (Wildman–Crippen LogP) is 1.60. The second-order valence-corrected chi connectivity index (χ2v) is 3.84. The highest BCUT2D eigenvalue weighted by Crippen LogP contribution is 2.21. The van der Waals surface area contributed by atoms with Crippen molar-refractivity contribution in [3.63, 3.8) is 0 Å². The summed E-state index contributed by atoms with van der Waals surface area (Å²) in [6, 6.07) is 3.64. The Morgan fingerprint density at radius 3 is 2.56 bits per heavy atom. The maximum atomic E-state index is 11.5. The van der Waals surface area contributed by atoms with E-state index in [2.05, 4.69) is 10.6 Å². The van der Waals surface area contributed by atoms with Crippen LogP contribution in [0.5, 0.6) is 5.75 Å². The molecular formula is C12H16N2O4. The fourth-order valence-electron chi connectivity index (χ4n) is 1.38. The molecule has 0 aliphatic heterocycles. The second kappa shape index (κ2) is 5.90. The summed E-state index contributed by atoms with van der Waals surface area (Å²) in [6.45, 7) is 3.24. The lowest BCUT2D eigenvalue weighted by atomic mass is 10.2. The quantitative estimate of drug-likeness (QED) is 0.759. The van der Waals surface area contributed by atoms with Crippen LogP contribution in [0, 0.1) is 6.92 Å². The van der Waals surface area contributed by atoms with Gasteiger partial charge in [-0.25, -0.2) is 4.79 Å². The SMILES string of the molecule is COc1ccc(NC(=O)N[C@H](C)C(=O)O)cc1C. The number of hydrogen-bond acceptors (Lipinski definition) is 3. The van der Waals surface area contributed by atoms with E-state index in [1.807, 2.05) is 6.92 Å². The van der Waals surface area contributed by atoms with Gasteiger partial charge in [0.1, 0.15) is 11.8 Å². The van der Waals surface area contributed by atoms with Crippen LogP contribution in [-0.2, 0) is 4.79 Å². The van der Waals surface area contributed by atoms with E-state index in [-0.39, 0.29) is 0 Å². The van der Waals surface area contributed by atoms with E-state index >= 15 is 0 Å². The minimum absolute atomic E-state index is 0.561. The molecule has 18 heavy (non-hydrogen) atoms. The van der Waals surface area contributed by atoms with Gasteiger partial charge in [-0.05, 0) is 37.6 Å². The van der Waals surface area contributed by atoms with Gasteiger partial charge in [-0.2, -0.15) is 0 Å². The number of amides is 2. The lowest BCUT2D eigenvalue weighted by molar-refractivity contribution is -0.138. The first kappa shape index (κ1) is 13.8. The molecule has 1 rings (SSSR count). The highest BCUT2D eigenvalue weighted by Gasteiger charge is 2.13. The highest BCUT2D eigenvalue weighted by atomic mass is 16.5. The van der Waals surface area contributed by atoms with Gasteiger partial charge in [-0.3, -0.25) is 4.79 Å². The molecule has 1 aromatic rings. The lowest BCUT2D eigenvalue weighted by Gasteiger charge is -2.12. The number of methoxy groups -OCH3 is 1. The van der Waals surface area contributed by atoms with E-state index in [0.717, 1.165) is 11.3 Å². The Morgan fingerprint density at radius 2 is 2.06 bits per heavy atom. The molecule has 2 amide bonds. The summed E-state index contributed by atoms with van der Waals surface area (Å²) in [4.78, 5) is 22.0. The summed E-state index contributed by atoms with van der Waals surface area (Å²) >= 11 is 0. The van der Waals surface area contributed by atoms with Gasteiger partial charge in [0, 0.05) is 5.69 Å². The standard InChI is InChI=1S/C12H16N2O4/c1-7-6-9(4-5-10(7)18-3)14-12(17)13-8(2)11(15)16/h4-6,8H,1-3H3,(H,15,16)(H2,13,14,17)/t8-/m1/s1. The Morgan fingerprint density at radius 1 is 1.39 bits per heavy atom. The number of carbonyl (C=O) groups excluding carboxylic acids is 1. The fourth-order valence-corrected chi connectivity index (χ4v) is 1.38. The maximum absolute atomic E-state index is 11.5. The third-order valence-corrected chi connectivity index (χ3v) is 2.37. The molecule has 0 radical (unpaired) electrons. The average molecular weight is 252 g/mol. The molecule has 98 valence electrons. The van der Waals surface area contributed by atoms with Crippen molar-refractivity contribution >= 4 is 17.7 Å². The maximum Gasteiger partial charge on any atom is 0.325 e. The van der Waals surface area contributed by atoms with Crippen LogP contribution < -0.4 is 15.4 Å². The number of carboxylic acids is 1. The van der Waals surface area contributed by atoms with Gasteiger partial charge in [-0.15, -0.1) is 0 Å². The van der Waals surface area contributed by atoms with Crippen LogP contribution in [0.25, 0.3) is 0 Å². The number of urea groups is 1. The third-order valence-electron chi connectivity index (χ3n) is 2.37. The van der Waals surface area contributed by atoms with E-state index in [4.69, 9.17) is 9.84 Å². The van der Waals surface area contributed by atoms with Gasteiger partial charge in [0.05, 0.1) is 7.11 Å². The summed E-state index contributed by atoms with van der Waals surface area (Å²) in [7, 11) is 1.57. The summed E-state index contributed by atoms with van der Waals surface area (Å²) in [5.41, 5.74) is 1.45. The zero-order chi connectivity index (χ0) is 13.7. The largest absolute Gasteiger partial charge is 0.496 e. The van der Waals surface area contributed by atoms with E-state index in [1.54, 1.807) is 25.3 Å². The Balaban J connectivity index is 2.65. The molecule has 6 nitrogen and oxygen atoms in total. The van der Waals surface area contributed by atoms with Crippen LogP contribution in [0.15, 0.2) is 18.2 Å². The third kappa shape index (κ3) is 3.65. The molecule has 0 aliphatic rings. The number of carboxylic acid groups (broad SMARTS) is 1. The molecule has 6 heteroatoms. The topological polar surface area (TPSA) is 87.7 Å². The molecule has 0 unspecified atom stereocenters. The first-order chi connectivity index (χ1) is 8.43. The van der Waals surface area contributed by atoms with Crippen molar-refractivity contribution < 1.29 is 19.4 Å². The number of carbonyl (C=O) groups is 2. The molecule has 0 aromatic heterocycles. The fraction of sp³-hybridized carbons (Fsp3) is 0.333. The van der Waals surface area contributed by atoms with E-state index in [0.29, 0.717) is 5.69 Å². The molecule has 1 atom stereocenters. The molecule has 0 fully saturated rings. The number of ether oxygens (including phenoxy) is 1. The number of benzene rings is 1. The zero-order valence-electron chi connectivity index (χ0n) is 10.5. The summed E-state index contributed by atoms with van der Waals surface area (Å²) in [5, 5.41) is 13.5. The summed E-state index contributed by atoms with van der Waals surface area (Å²) in [6.07, 6.45) is 0. The number of hydrogen-bond donors (Lipinski definition) is 3. The normalized spacial score (nSPS) is 11.5. The van der Waals surface area contributed by atoms with Crippen LogP contribution in [0.1, 0.15) is 12.5 Å². The van der Waals surface area contributed by atoms with Gasteiger partial charge in [-0.1, -0.05) is 0 Å². The number of rotatable bonds is 4. The molecule has 0 aliphatic carbocycles. The number of aryl methyl sites for hydroxylation is 1. The first-order valence-corrected chi connectivity index (χ1v) is 5.39. The van der Waals surface area contributed by atoms with Crippen molar-refractivity contribution in [1.82, 2.24) is 5.32 Å². The molecule has 3 N–H and O–H groups in total. The molecule has 0 bridgehead atoms. The summed E-state index contributed by atoms with van der Waals surface area (Å²) in [5.74, 6) is -0.365. The zero-order valence-corrected chi connectivity index (χ0v) is 10.5. The predicted molar refractivity (Wildman–Crippen MR) is 67.0 cm³/mol. The van der Waals surface area contributed by atoms with E-state index < -0.39 is 18.0 Å². The Kier molecular flexibility index (Phi) is 4.53. The van der Waals surface area contributed by atoms with Crippen LogP contribution in [0.2, 0.25) is 0 Å². The highest BCUT2D eigenvalue weighted by molar-refractivity contribution is 5.92. The Bertz CT molecular complexity index is 459. The average Bonchev–Trinajstić information content (AvgIpc) is 2.28. The van der Waals surface area contributed by atoms with Crippen LogP contribution in [0.4, 0.5) is 10.5 Å². The van der Waals surface area contributed by atoms with Gasteiger partial charge in [0.15, 0.2) is 0 Å². The first-order valence-electron chi connectivity index (χ1n) is 5.39. The van der Waals surface area contributed by atoms with Crippen molar-refractivity contribution in [3.8, 4) is 5.75 Å². The van der Waals surface area contributed by atoms with Crippen molar-refractivity contribution in [2.75, 3.05) is 12.4 Å². The number of anilines is 1. The van der Waals surface area contributed by atoms with Crippen LogP contribution >= 0.6 is 0 Å². The summed E-state index contributed by atoms with van der Waals surface area (Å²) < 4.78 is 5.09. The number of aliphatic carboxylic acids is 1. The van der Waals surface area contributed by atoms with E-state index in [9.17, 15) is 9.59 Å².